The Morgan fingerprint density at radius 1 is 1.18 bits per heavy atom. The second-order valence-electron chi connectivity index (χ2n) is 5.34. The number of fused-ring (bicyclic) bond motifs is 1. The second-order valence-corrected chi connectivity index (χ2v) is 5.34. The molecule has 0 spiro atoms. The van der Waals surface area contributed by atoms with Crippen molar-refractivity contribution in [1.82, 2.24) is 19.5 Å². The number of nitrogens with zero attached hydrogens (tertiary/aromatic N) is 4. The van der Waals surface area contributed by atoms with Crippen LogP contribution in [0.2, 0.25) is 0 Å². The van der Waals surface area contributed by atoms with Gasteiger partial charge in [-0.3, -0.25) is 0 Å². The summed E-state index contributed by atoms with van der Waals surface area (Å²) in [6.07, 6.45) is 1.83. The minimum absolute atomic E-state index is 0.274. The Balaban J connectivity index is 1.82. The first kappa shape index (κ1) is 14.3. The van der Waals surface area contributed by atoms with Crippen LogP contribution >= 0.6 is 0 Å². The molecule has 0 aliphatic rings. The first-order valence-corrected chi connectivity index (χ1v) is 7.12. The van der Waals surface area contributed by atoms with Crippen molar-refractivity contribution in [3.05, 3.63) is 42.6 Å². The van der Waals surface area contributed by atoms with E-state index >= 15 is 0 Å². The van der Waals surface area contributed by atoms with E-state index in [-0.39, 0.29) is 5.95 Å². The maximum absolute atomic E-state index is 5.70. The highest BCUT2D eigenvalue weighted by Gasteiger charge is 2.08. The Bertz CT molecular complexity index is 764. The molecule has 0 saturated carbocycles. The summed E-state index contributed by atoms with van der Waals surface area (Å²) in [5, 5.41) is 4.13. The van der Waals surface area contributed by atoms with Gasteiger partial charge in [-0.1, -0.05) is 12.1 Å². The minimum atomic E-state index is 0.274. The van der Waals surface area contributed by atoms with Gasteiger partial charge in [0.25, 0.3) is 0 Å². The van der Waals surface area contributed by atoms with E-state index in [2.05, 4.69) is 15.0 Å². The Morgan fingerprint density at radius 2 is 1.95 bits per heavy atom. The van der Waals surface area contributed by atoms with Crippen LogP contribution < -0.4 is 10.5 Å². The summed E-state index contributed by atoms with van der Waals surface area (Å²) < 4.78 is 7.39. The summed E-state index contributed by atoms with van der Waals surface area (Å²) in [5.41, 5.74) is 8.47. The highest BCUT2D eigenvalue weighted by atomic mass is 16.5. The van der Waals surface area contributed by atoms with Gasteiger partial charge in [0.1, 0.15) is 12.4 Å². The average molecular weight is 297 g/mol. The summed E-state index contributed by atoms with van der Waals surface area (Å²) >= 11 is 0. The van der Waals surface area contributed by atoms with E-state index in [1.165, 1.54) is 0 Å². The molecule has 0 amide bonds. The Hall–Kier alpha value is -2.60. The maximum Gasteiger partial charge on any atom is 0.240 e. The number of ether oxygens (including phenoxy) is 1. The SMILES string of the molecule is CN(C)CCOc1ccc(-c2cccn3nc(N)nc23)cc1. The molecule has 1 aromatic carbocycles. The van der Waals surface area contributed by atoms with Crippen LogP contribution in [0.15, 0.2) is 42.6 Å². The van der Waals surface area contributed by atoms with Crippen molar-refractivity contribution in [2.75, 3.05) is 33.0 Å². The van der Waals surface area contributed by atoms with Gasteiger partial charge in [-0.05, 0) is 43.9 Å². The molecule has 3 rings (SSSR count). The molecule has 22 heavy (non-hydrogen) atoms. The number of hydrogen-bond donors (Lipinski definition) is 1. The lowest BCUT2D eigenvalue weighted by atomic mass is 10.1. The van der Waals surface area contributed by atoms with Gasteiger partial charge in [0.05, 0.1) is 0 Å². The molecule has 114 valence electrons. The lowest BCUT2D eigenvalue weighted by Crippen LogP contribution is -2.19. The Morgan fingerprint density at radius 3 is 2.68 bits per heavy atom. The topological polar surface area (TPSA) is 68.7 Å². The largest absolute Gasteiger partial charge is 0.492 e. The number of rotatable bonds is 5. The van der Waals surface area contributed by atoms with Crippen molar-refractivity contribution in [2.45, 2.75) is 0 Å². The number of pyridine rings is 1. The van der Waals surface area contributed by atoms with Crippen LogP contribution in [0.4, 0.5) is 5.95 Å². The number of likely N-dealkylation sites (N-methyl/N-ethyl adjacent to an activating group) is 1. The van der Waals surface area contributed by atoms with Gasteiger partial charge >= 0.3 is 0 Å². The zero-order valence-electron chi connectivity index (χ0n) is 12.7. The fourth-order valence-electron chi connectivity index (χ4n) is 2.22. The first-order chi connectivity index (χ1) is 10.6. The lowest BCUT2D eigenvalue weighted by Gasteiger charge is -2.11. The zero-order chi connectivity index (χ0) is 15.5. The number of nitrogens with two attached hydrogens (primary N) is 1. The van der Waals surface area contributed by atoms with Crippen LogP contribution in [0.1, 0.15) is 0 Å². The molecule has 0 radical (unpaired) electrons. The number of benzene rings is 1. The van der Waals surface area contributed by atoms with Gasteiger partial charge in [-0.15, -0.1) is 5.10 Å². The summed E-state index contributed by atoms with van der Waals surface area (Å²) in [5.74, 6) is 1.13. The normalized spacial score (nSPS) is 11.2. The molecule has 2 aromatic heterocycles. The predicted octanol–water partition coefficient (Wildman–Crippen LogP) is 1.92. The molecule has 0 atom stereocenters. The van der Waals surface area contributed by atoms with Gasteiger partial charge in [-0.2, -0.15) is 4.98 Å². The molecule has 0 saturated heterocycles. The number of anilines is 1. The van der Waals surface area contributed by atoms with Crippen LogP contribution in [0.3, 0.4) is 0 Å². The van der Waals surface area contributed by atoms with E-state index in [4.69, 9.17) is 10.5 Å². The third-order valence-corrected chi connectivity index (χ3v) is 3.35. The van der Waals surface area contributed by atoms with Crippen LogP contribution in [-0.4, -0.2) is 46.7 Å². The molecule has 0 bridgehead atoms. The number of nitrogen functional groups attached to an aromatic ring is 1. The highest BCUT2D eigenvalue weighted by molar-refractivity contribution is 5.77. The standard InChI is InChI=1S/C16H19N5O/c1-20(2)10-11-22-13-7-5-12(6-8-13)14-4-3-9-21-15(14)18-16(17)19-21/h3-9H,10-11H2,1-2H3,(H2,17,19). The molecule has 0 aliphatic heterocycles. The van der Waals surface area contributed by atoms with Gasteiger partial charge in [0.2, 0.25) is 5.95 Å². The minimum Gasteiger partial charge on any atom is -0.492 e. The van der Waals surface area contributed by atoms with Crippen molar-refractivity contribution in [3.63, 3.8) is 0 Å². The number of hydrogen-bond acceptors (Lipinski definition) is 5. The van der Waals surface area contributed by atoms with Crippen molar-refractivity contribution >= 4 is 11.6 Å². The van der Waals surface area contributed by atoms with Gasteiger partial charge in [0.15, 0.2) is 5.65 Å². The van der Waals surface area contributed by atoms with Crippen molar-refractivity contribution in [1.29, 1.82) is 0 Å². The van der Waals surface area contributed by atoms with Crippen LogP contribution in [-0.2, 0) is 0 Å². The van der Waals surface area contributed by atoms with Crippen molar-refractivity contribution in [3.8, 4) is 16.9 Å². The Labute approximate surface area is 129 Å². The van der Waals surface area contributed by atoms with Crippen LogP contribution in [0.25, 0.3) is 16.8 Å². The van der Waals surface area contributed by atoms with Gasteiger partial charge < -0.3 is 15.4 Å². The monoisotopic (exact) mass is 297 g/mol. The van der Waals surface area contributed by atoms with Crippen LogP contribution in [0, 0.1) is 0 Å². The van der Waals surface area contributed by atoms with E-state index in [9.17, 15) is 0 Å². The fourth-order valence-corrected chi connectivity index (χ4v) is 2.22. The molecule has 2 N–H and O–H groups in total. The fraction of sp³-hybridized carbons (Fsp3) is 0.250. The maximum atomic E-state index is 5.70. The molecule has 0 unspecified atom stereocenters. The number of aromatic nitrogens is 3. The van der Waals surface area contributed by atoms with E-state index in [1.807, 2.05) is 56.7 Å². The lowest BCUT2D eigenvalue weighted by molar-refractivity contribution is 0.261. The Kier molecular flexibility index (Phi) is 3.93. The summed E-state index contributed by atoms with van der Waals surface area (Å²) in [6, 6.07) is 11.9. The molecule has 6 nitrogen and oxygen atoms in total. The quantitative estimate of drug-likeness (QED) is 0.779. The third kappa shape index (κ3) is 3.01. The highest BCUT2D eigenvalue weighted by Crippen LogP contribution is 2.25. The van der Waals surface area contributed by atoms with Gasteiger partial charge in [-0.25, -0.2) is 4.52 Å². The first-order valence-electron chi connectivity index (χ1n) is 7.12. The molecule has 6 heteroatoms. The third-order valence-electron chi connectivity index (χ3n) is 3.35. The molecule has 0 fully saturated rings. The molecule has 2 heterocycles. The van der Waals surface area contributed by atoms with Gasteiger partial charge in [0, 0.05) is 18.3 Å². The average Bonchev–Trinajstić information content (AvgIpc) is 2.87. The molecular formula is C16H19N5O. The zero-order valence-corrected chi connectivity index (χ0v) is 12.7. The molecular weight excluding hydrogens is 278 g/mol. The second kappa shape index (κ2) is 6.03. The summed E-state index contributed by atoms with van der Waals surface area (Å²) in [4.78, 5) is 6.36. The van der Waals surface area contributed by atoms with Crippen LogP contribution in [0.5, 0.6) is 5.75 Å². The van der Waals surface area contributed by atoms with E-state index in [0.717, 1.165) is 29.1 Å². The summed E-state index contributed by atoms with van der Waals surface area (Å²) in [6.45, 7) is 1.56. The van der Waals surface area contributed by atoms with E-state index in [0.29, 0.717) is 6.61 Å². The van der Waals surface area contributed by atoms with Crippen molar-refractivity contribution < 1.29 is 4.74 Å². The molecule has 0 aliphatic carbocycles. The van der Waals surface area contributed by atoms with Crippen molar-refractivity contribution in [2.24, 2.45) is 0 Å². The molecule has 3 aromatic rings. The van der Waals surface area contributed by atoms with E-state index in [1.54, 1.807) is 4.52 Å². The predicted molar refractivity (Wildman–Crippen MR) is 86.9 cm³/mol. The smallest absolute Gasteiger partial charge is 0.240 e. The van der Waals surface area contributed by atoms with E-state index < -0.39 is 0 Å². The summed E-state index contributed by atoms with van der Waals surface area (Å²) in [7, 11) is 4.05.